The molecule has 0 aromatic heterocycles. The van der Waals surface area contributed by atoms with Gasteiger partial charge in [0, 0.05) is 32.2 Å². The number of hydrogen-bond acceptors (Lipinski definition) is 5. The number of halogens is 2. The summed E-state index contributed by atoms with van der Waals surface area (Å²) < 4.78 is 60.5. The van der Waals surface area contributed by atoms with Gasteiger partial charge >= 0.3 is 0 Å². The SMILES string of the molecule is O=C(Nc1cc(S(=O)(=O)N2CCCCC2)ccc1N1CCOCC1)c1ccc(F)cc1F. The van der Waals surface area contributed by atoms with Crippen LogP contribution in [0.15, 0.2) is 41.3 Å². The highest BCUT2D eigenvalue weighted by molar-refractivity contribution is 7.89. The zero-order chi connectivity index (χ0) is 22.7. The largest absolute Gasteiger partial charge is 0.378 e. The Morgan fingerprint density at radius 3 is 2.34 bits per heavy atom. The Hall–Kier alpha value is -2.56. The van der Waals surface area contributed by atoms with Crippen LogP contribution in [0, 0.1) is 11.6 Å². The second kappa shape index (κ2) is 9.51. The van der Waals surface area contributed by atoms with Crippen molar-refractivity contribution in [1.82, 2.24) is 4.31 Å². The second-order valence-electron chi connectivity index (χ2n) is 7.82. The quantitative estimate of drug-likeness (QED) is 0.734. The number of amides is 1. The van der Waals surface area contributed by atoms with E-state index in [0.29, 0.717) is 51.1 Å². The number of ether oxygens (including phenoxy) is 1. The lowest BCUT2D eigenvalue weighted by atomic mass is 10.1. The van der Waals surface area contributed by atoms with Gasteiger partial charge in [-0.05, 0) is 43.2 Å². The number of benzene rings is 2. The van der Waals surface area contributed by atoms with E-state index in [2.05, 4.69) is 5.32 Å². The van der Waals surface area contributed by atoms with Crippen molar-refractivity contribution in [2.24, 2.45) is 0 Å². The topological polar surface area (TPSA) is 79.0 Å². The maximum atomic E-state index is 14.1. The number of piperidine rings is 1. The summed E-state index contributed by atoms with van der Waals surface area (Å²) in [6.45, 7) is 3.02. The molecular weight excluding hydrogens is 440 g/mol. The predicted molar refractivity (Wildman–Crippen MR) is 116 cm³/mol. The zero-order valence-corrected chi connectivity index (χ0v) is 18.3. The third-order valence-electron chi connectivity index (χ3n) is 5.70. The molecule has 2 saturated heterocycles. The van der Waals surface area contributed by atoms with E-state index in [1.165, 1.54) is 16.4 Å². The first-order chi connectivity index (χ1) is 15.4. The number of morpholine rings is 1. The fourth-order valence-corrected chi connectivity index (χ4v) is 5.52. The van der Waals surface area contributed by atoms with Gasteiger partial charge in [-0.1, -0.05) is 6.42 Å². The van der Waals surface area contributed by atoms with Crippen molar-refractivity contribution >= 4 is 27.3 Å². The lowest BCUT2D eigenvalue weighted by Crippen LogP contribution is -2.37. The van der Waals surface area contributed by atoms with Gasteiger partial charge in [-0.25, -0.2) is 17.2 Å². The van der Waals surface area contributed by atoms with Gasteiger partial charge in [0.2, 0.25) is 10.0 Å². The molecule has 0 saturated carbocycles. The summed E-state index contributed by atoms with van der Waals surface area (Å²) in [5.74, 6) is -2.57. The molecule has 32 heavy (non-hydrogen) atoms. The molecule has 1 N–H and O–H groups in total. The van der Waals surface area contributed by atoms with Crippen LogP contribution in [0.1, 0.15) is 29.6 Å². The molecule has 1 amide bonds. The van der Waals surface area contributed by atoms with Crippen molar-refractivity contribution in [3.05, 3.63) is 53.6 Å². The molecule has 2 aliphatic heterocycles. The zero-order valence-electron chi connectivity index (χ0n) is 17.5. The summed E-state index contributed by atoms with van der Waals surface area (Å²) in [4.78, 5) is 14.8. The van der Waals surface area contributed by atoms with Crippen molar-refractivity contribution in [3.63, 3.8) is 0 Å². The minimum Gasteiger partial charge on any atom is -0.378 e. The van der Waals surface area contributed by atoms with E-state index in [9.17, 15) is 22.0 Å². The third kappa shape index (κ3) is 4.77. The van der Waals surface area contributed by atoms with Gasteiger partial charge in [-0.2, -0.15) is 4.31 Å². The molecule has 0 bridgehead atoms. The highest BCUT2D eigenvalue weighted by Crippen LogP contribution is 2.32. The van der Waals surface area contributed by atoms with Gasteiger partial charge in [0.1, 0.15) is 11.6 Å². The van der Waals surface area contributed by atoms with Gasteiger partial charge in [0.05, 0.1) is 35.0 Å². The Morgan fingerprint density at radius 2 is 1.66 bits per heavy atom. The molecule has 2 aliphatic rings. The number of carbonyl (C=O) groups excluding carboxylic acids is 1. The average molecular weight is 466 g/mol. The monoisotopic (exact) mass is 465 g/mol. The number of rotatable bonds is 5. The Labute approximate surface area is 186 Å². The summed E-state index contributed by atoms with van der Waals surface area (Å²) in [7, 11) is -3.73. The standard InChI is InChI=1S/C22H25F2N3O4S/c23-16-4-6-18(19(24)14-16)22(28)25-20-15-17(32(29,30)27-8-2-1-3-9-27)5-7-21(20)26-10-12-31-13-11-26/h4-7,14-15H,1-3,8-13H2,(H,25,28). The summed E-state index contributed by atoms with van der Waals surface area (Å²) in [5.41, 5.74) is 0.532. The summed E-state index contributed by atoms with van der Waals surface area (Å²) >= 11 is 0. The molecule has 0 atom stereocenters. The van der Waals surface area contributed by atoms with Crippen molar-refractivity contribution in [3.8, 4) is 0 Å². The van der Waals surface area contributed by atoms with Gasteiger partial charge in [-0.3, -0.25) is 4.79 Å². The van der Waals surface area contributed by atoms with E-state index in [-0.39, 0.29) is 16.1 Å². The van der Waals surface area contributed by atoms with Crippen LogP contribution in [-0.2, 0) is 14.8 Å². The lowest BCUT2D eigenvalue weighted by Gasteiger charge is -2.31. The number of anilines is 2. The number of sulfonamides is 1. The molecule has 7 nitrogen and oxygen atoms in total. The first-order valence-corrected chi connectivity index (χ1v) is 12.0. The molecule has 4 rings (SSSR count). The van der Waals surface area contributed by atoms with Crippen molar-refractivity contribution in [2.75, 3.05) is 49.6 Å². The van der Waals surface area contributed by atoms with Crippen LogP contribution in [0.4, 0.5) is 20.2 Å². The van der Waals surface area contributed by atoms with Gasteiger partial charge in [-0.15, -0.1) is 0 Å². The number of carbonyl (C=O) groups is 1. The van der Waals surface area contributed by atoms with Crippen LogP contribution in [0.5, 0.6) is 0 Å². The van der Waals surface area contributed by atoms with Gasteiger partial charge < -0.3 is 15.0 Å². The first-order valence-electron chi connectivity index (χ1n) is 10.6. The molecule has 0 aliphatic carbocycles. The van der Waals surface area contributed by atoms with Crippen LogP contribution >= 0.6 is 0 Å². The molecule has 0 spiro atoms. The van der Waals surface area contributed by atoms with Crippen molar-refractivity contribution < 1.29 is 26.7 Å². The lowest BCUT2D eigenvalue weighted by molar-refractivity contribution is 0.102. The van der Waals surface area contributed by atoms with E-state index in [1.54, 1.807) is 6.07 Å². The number of hydrogen-bond donors (Lipinski definition) is 1. The van der Waals surface area contributed by atoms with Crippen molar-refractivity contribution in [2.45, 2.75) is 24.2 Å². The molecule has 2 heterocycles. The smallest absolute Gasteiger partial charge is 0.258 e. The molecule has 2 aromatic carbocycles. The Kier molecular flexibility index (Phi) is 6.73. The third-order valence-corrected chi connectivity index (χ3v) is 7.59. The van der Waals surface area contributed by atoms with E-state index >= 15 is 0 Å². The maximum Gasteiger partial charge on any atom is 0.258 e. The van der Waals surface area contributed by atoms with Crippen LogP contribution in [-0.4, -0.2) is 58.0 Å². The molecule has 0 radical (unpaired) electrons. The fraction of sp³-hybridized carbons (Fsp3) is 0.409. The molecule has 2 fully saturated rings. The first kappa shape index (κ1) is 22.6. The maximum absolute atomic E-state index is 14.1. The minimum atomic E-state index is -3.73. The minimum absolute atomic E-state index is 0.0614. The number of nitrogens with one attached hydrogen (secondary N) is 1. The Bertz CT molecular complexity index is 1100. The van der Waals surface area contributed by atoms with Crippen LogP contribution < -0.4 is 10.2 Å². The van der Waals surface area contributed by atoms with Crippen molar-refractivity contribution in [1.29, 1.82) is 0 Å². The molecule has 0 unspecified atom stereocenters. The van der Waals surface area contributed by atoms with Gasteiger partial charge in [0.15, 0.2) is 0 Å². The highest BCUT2D eigenvalue weighted by atomic mass is 32.2. The Balaban J connectivity index is 1.69. The number of nitrogens with zero attached hydrogens (tertiary/aromatic N) is 2. The van der Waals surface area contributed by atoms with Crippen LogP contribution in [0.25, 0.3) is 0 Å². The Morgan fingerprint density at radius 1 is 0.938 bits per heavy atom. The van der Waals surface area contributed by atoms with E-state index in [0.717, 1.165) is 31.4 Å². The van der Waals surface area contributed by atoms with Crippen LogP contribution in [0.2, 0.25) is 0 Å². The van der Waals surface area contributed by atoms with Gasteiger partial charge in [0.25, 0.3) is 5.91 Å². The van der Waals surface area contributed by atoms with E-state index in [1.807, 2.05) is 4.90 Å². The molecule has 172 valence electrons. The summed E-state index contributed by atoms with van der Waals surface area (Å²) in [6, 6.07) is 7.28. The van der Waals surface area contributed by atoms with E-state index < -0.39 is 27.6 Å². The second-order valence-corrected chi connectivity index (χ2v) is 9.76. The normalized spacial score (nSPS) is 17.9. The summed E-state index contributed by atoms with van der Waals surface area (Å²) in [6.07, 6.45) is 2.60. The average Bonchev–Trinajstić information content (AvgIpc) is 2.80. The molecule has 10 heteroatoms. The fourth-order valence-electron chi connectivity index (χ4n) is 3.97. The summed E-state index contributed by atoms with van der Waals surface area (Å²) in [5, 5.41) is 2.63. The molecule has 2 aromatic rings. The van der Waals surface area contributed by atoms with Crippen LogP contribution in [0.3, 0.4) is 0 Å². The van der Waals surface area contributed by atoms with E-state index in [4.69, 9.17) is 4.74 Å². The predicted octanol–water partition coefficient (Wildman–Crippen LogP) is 3.23. The molecular formula is C22H25F2N3O4S. The highest BCUT2D eigenvalue weighted by Gasteiger charge is 2.28.